The summed E-state index contributed by atoms with van der Waals surface area (Å²) in [6, 6.07) is 30.0. The van der Waals surface area contributed by atoms with Crippen molar-refractivity contribution >= 4 is 31.9 Å². The lowest BCUT2D eigenvalue weighted by atomic mass is 9.67. The van der Waals surface area contributed by atoms with Gasteiger partial charge in [0.05, 0.1) is 18.6 Å². The molecular formula is C33H32Br2O4. The summed E-state index contributed by atoms with van der Waals surface area (Å²) in [5.74, 6) is 1.65. The molecule has 0 unspecified atom stereocenters. The van der Waals surface area contributed by atoms with Crippen LogP contribution in [-0.4, -0.2) is 39.6 Å². The molecule has 202 valence electrons. The standard InChI is InChI=1S/C33H32Br2O4/c1-3-36-19-21-38-25-13-9-23(10-14-25)33(24-11-15-26(16-12-24)39-22-20-37-4-2)29-8-6-5-7-27(29)28-17-18-30(34)32(35)31(28)33/h5-18H,3-4,19-22H2,1-2H3. The Morgan fingerprint density at radius 1 is 0.590 bits per heavy atom. The zero-order valence-electron chi connectivity index (χ0n) is 22.2. The van der Waals surface area contributed by atoms with Crippen LogP contribution in [0.25, 0.3) is 11.1 Å². The van der Waals surface area contributed by atoms with Gasteiger partial charge in [0.15, 0.2) is 0 Å². The zero-order chi connectivity index (χ0) is 27.2. The summed E-state index contributed by atoms with van der Waals surface area (Å²) >= 11 is 7.75. The van der Waals surface area contributed by atoms with Gasteiger partial charge in [-0.25, -0.2) is 0 Å². The average Bonchev–Trinajstić information content (AvgIpc) is 3.28. The molecule has 5 rings (SSSR count). The number of benzene rings is 4. The first-order valence-corrected chi connectivity index (χ1v) is 14.9. The molecule has 0 spiro atoms. The molecule has 0 aliphatic heterocycles. The molecular weight excluding hydrogens is 620 g/mol. The number of fused-ring (bicyclic) bond motifs is 3. The van der Waals surface area contributed by atoms with Gasteiger partial charge in [-0.3, -0.25) is 0 Å². The van der Waals surface area contributed by atoms with Crippen molar-refractivity contribution in [1.29, 1.82) is 0 Å². The summed E-state index contributed by atoms with van der Waals surface area (Å²) in [5.41, 5.74) is 6.69. The predicted molar refractivity (Wildman–Crippen MR) is 163 cm³/mol. The normalized spacial score (nSPS) is 13.1. The van der Waals surface area contributed by atoms with E-state index in [9.17, 15) is 0 Å². The highest BCUT2D eigenvalue weighted by Gasteiger charge is 2.47. The summed E-state index contributed by atoms with van der Waals surface area (Å²) in [5, 5.41) is 0. The number of halogens is 2. The Balaban J connectivity index is 1.63. The lowest BCUT2D eigenvalue weighted by Gasteiger charge is -2.35. The van der Waals surface area contributed by atoms with Gasteiger partial charge in [-0.05, 0) is 109 Å². The monoisotopic (exact) mass is 650 g/mol. The fourth-order valence-electron chi connectivity index (χ4n) is 5.42. The number of hydrogen-bond acceptors (Lipinski definition) is 4. The van der Waals surface area contributed by atoms with Gasteiger partial charge in [-0.15, -0.1) is 0 Å². The molecule has 4 aromatic rings. The molecule has 0 saturated carbocycles. The van der Waals surface area contributed by atoms with Crippen molar-refractivity contribution in [3.63, 3.8) is 0 Å². The SMILES string of the molecule is CCOCCOc1ccc(C2(c3ccc(OCCOCC)cc3)c3ccccc3-c3ccc(Br)c(Br)c32)cc1. The van der Waals surface area contributed by atoms with E-state index in [1.165, 1.54) is 22.3 Å². The molecule has 4 nitrogen and oxygen atoms in total. The van der Waals surface area contributed by atoms with Crippen molar-refractivity contribution in [1.82, 2.24) is 0 Å². The van der Waals surface area contributed by atoms with Gasteiger partial charge in [0.25, 0.3) is 0 Å². The summed E-state index contributed by atoms with van der Waals surface area (Å²) in [4.78, 5) is 0. The Labute approximate surface area is 247 Å². The molecule has 0 saturated heterocycles. The second kappa shape index (κ2) is 12.7. The molecule has 0 radical (unpaired) electrons. The van der Waals surface area contributed by atoms with E-state index in [2.05, 4.69) is 117 Å². The molecule has 0 atom stereocenters. The molecule has 0 amide bonds. The zero-order valence-corrected chi connectivity index (χ0v) is 25.4. The molecule has 0 heterocycles. The van der Waals surface area contributed by atoms with Gasteiger partial charge in [-0.1, -0.05) is 54.6 Å². The van der Waals surface area contributed by atoms with Crippen molar-refractivity contribution in [2.45, 2.75) is 19.3 Å². The summed E-state index contributed by atoms with van der Waals surface area (Å²) in [6.07, 6.45) is 0. The van der Waals surface area contributed by atoms with E-state index in [-0.39, 0.29) is 0 Å². The first-order valence-electron chi connectivity index (χ1n) is 13.3. The number of hydrogen-bond donors (Lipinski definition) is 0. The molecule has 0 bridgehead atoms. The molecule has 6 heteroatoms. The fraction of sp³-hybridized carbons (Fsp3) is 0.273. The van der Waals surface area contributed by atoms with Gasteiger partial charge in [0.2, 0.25) is 0 Å². The molecule has 1 aliphatic carbocycles. The van der Waals surface area contributed by atoms with E-state index >= 15 is 0 Å². The maximum Gasteiger partial charge on any atom is 0.119 e. The van der Waals surface area contributed by atoms with E-state index in [0.29, 0.717) is 39.6 Å². The second-order valence-corrected chi connectivity index (χ2v) is 10.9. The Morgan fingerprint density at radius 2 is 1.13 bits per heavy atom. The predicted octanol–water partition coefficient (Wildman–Crippen LogP) is 8.41. The van der Waals surface area contributed by atoms with Crippen LogP contribution in [0.3, 0.4) is 0 Å². The van der Waals surface area contributed by atoms with Gasteiger partial charge in [0, 0.05) is 22.2 Å². The van der Waals surface area contributed by atoms with Crippen LogP contribution in [0.15, 0.2) is 93.9 Å². The molecule has 0 N–H and O–H groups in total. The van der Waals surface area contributed by atoms with E-state index in [1.54, 1.807) is 0 Å². The van der Waals surface area contributed by atoms with Crippen molar-refractivity contribution in [2.24, 2.45) is 0 Å². The first kappa shape index (κ1) is 27.9. The van der Waals surface area contributed by atoms with Crippen LogP contribution in [0.2, 0.25) is 0 Å². The highest BCUT2D eigenvalue weighted by molar-refractivity contribution is 9.13. The quantitative estimate of drug-likeness (QED) is 0.127. The molecule has 4 aromatic carbocycles. The topological polar surface area (TPSA) is 36.9 Å². The van der Waals surface area contributed by atoms with E-state index in [4.69, 9.17) is 18.9 Å². The van der Waals surface area contributed by atoms with Crippen LogP contribution in [0, 0.1) is 0 Å². The molecule has 0 fully saturated rings. The lowest BCUT2D eigenvalue weighted by molar-refractivity contribution is 0.110. The third-order valence-electron chi connectivity index (χ3n) is 7.07. The summed E-state index contributed by atoms with van der Waals surface area (Å²) < 4.78 is 24.8. The highest BCUT2D eigenvalue weighted by Crippen LogP contribution is 2.59. The number of ether oxygens (including phenoxy) is 4. The van der Waals surface area contributed by atoms with Crippen molar-refractivity contribution in [2.75, 3.05) is 39.6 Å². The average molecular weight is 652 g/mol. The van der Waals surface area contributed by atoms with E-state index in [1.807, 2.05) is 13.8 Å². The van der Waals surface area contributed by atoms with Crippen LogP contribution in [0.4, 0.5) is 0 Å². The minimum atomic E-state index is -0.539. The molecule has 1 aliphatic rings. The minimum absolute atomic E-state index is 0.521. The first-order chi connectivity index (χ1) is 19.1. The highest BCUT2D eigenvalue weighted by atomic mass is 79.9. The second-order valence-electron chi connectivity index (χ2n) is 9.22. The Kier molecular flexibility index (Phi) is 9.08. The Bertz CT molecular complexity index is 1350. The lowest BCUT2D eigenvalue weighted by Crippen LogP contribution is -2.29. The minimum Gasteiger partial charge on any atom is -0.491 e. The van der Waals surface area contributed by atoms with Crippen molar-refractivity contribution < 1.29 is 18.9 Å². The van der Waals surface area contributed by atoms with Crippen LogP contribution < -0.4 is 9.47 Å². The smallest absolute Gasteiger partial charge is 0.119 e. The number of rotatable bonds is 12. The van der Waals surface area contributed by atoms with Crippen LogP contribution in [0.5, 0.6) is 11.5 Å². The van der Waals surface area contributed by atoms with Crippen molar-refractivity contribution in [3.05, 3.63) is 116 Å². The van der Waals surface area contributed by atoms with Gasteiger partial charge in [0.1, 0.15) is 24.7 Å². The largest absolute Gasteiger partial charge is 0.491 e. The van der Waals surface area contributed by atoms with Crippen LogP contribution >= 0.6 is 31.9 Å². The van der Waals surface area contributed by atoms with Gasteiger partial charge < -0.3 is 18.9 Å². The maximum absolute atomic E-state index is 5.95. The van der Waals surface area contributed by atoms with Crippen LogP contribution in [0.1, 0.15) is 36.1 Å². The molecule has 39 heavy (non-hydrogen) atoms. The van der Waals surface area contributed by atoms with E-state index in [0.717, 1.165) is 31.6 Å². The third kappa shape index (κ3) is 5.40. The van der Waals surface area contributed by atoms with Crippen molar-refractivity contribution in [3.8, 4) is 22.6 Å². The summed E-state index contributed by atoms with van der Waals surface area (Å²) in [6.45, 7) is 7.53. The Hall–Kier alpha value is -2.64. The maximum atomic E-state index is 5.95. The molecule has 0 aromatic heterocycles. The Morgan fingerprint density at radius 3 is 1.67 bits per heavy atom. The van der Waals surface area contributed by atoms with Gasteiger partial charge in [-0.2, -0.15) is 0 Å². The summed E-state index contributed by atoms with van der Waals surface area (Å²) in [7, 11) is 0. The third-order valence-corrected chi connectivity index (χ3v) is 9.08. The van der Waals surface area contributed by atoms with Gasteiger partial charge >= 0.3 is 0 Å². The fourth-order valence-corrected chi connectivity index (χ4v) is 6.39. The van der Waals surface area contributed by atoms with Crippen LogP contribution in [-0.2, 0) is 14.9 Å². The van der Waals surface area contributed by atoms with E-state index < -0.39 is 5.41 Å².